The number of nitrogens with one attached hydrogen (secondary N) is 1. The van der Waals surface area contributed by atoms with Gasteiger partial charge in [0.2, 0.25) is 5.91 Å². The minimum absolute atomic E-state index is 0.0695. The van der Waals surface area contributed by atoms with Crippen molar-refractivity contribution in [3.05, 3.63) is 11.6 Å². The van der Waals surface area contributed by atoms with E-state index >= 15 is 0 Å². The molecule has 0 saturated heterocycles. The highest BCUT2D eigenvalue weighted by Gasteiger charge is 2.14. The number of carbonyl (C=O) groups excluding carboxylic acids is 2. The van der Waals surface area contributed by atoms with E-state index in [1.54, 1.807) is 13.8 Å². The van der Waals surface area contributed by atoms with E-state index in [0.717, 1.165) is 19.3 Å². The van der Waals surface area contributed by atoms with Gasteiger partial charge in [-0.2, -0.15) is 0 Å². The van der Waals surface area contributed by atoms with E-state index < -0.39 is 0 Å². The van der Waals surface area contributed by atoms with Crippen LogP contribution >= 0.6 is 0 Å². The number of unbranched alkanes of at least 4 members (excludes halogenated alkanes) is 4. The molecule has 0 aromatic heterocycles. The minimum Gasteiger partial charge on any atom is -0.463 e. The lowest BCUT2D eigenvalue weighted by Gasteiger charge is -2.18. The van der Waals surface area contributed by atoms with Crippen LogP contribution in [0.2, 0.25) is 0 Å². The molecule has 1 unspecified atom stereocenters. The summed E-state index contributed by atoms with van der Waals surface area (Å²) in [6.07, 6.45) is 8.88. The van der Waals surface area contributed by atoms with Crippen molar-refractivity contribution in [3.8, 4) is 0 Å². The Labute approximate surface area is 142 Å². The normalized spacial score (nSPS) is 13.0. The van der Waals surface area contributed by atoms with Gasteiger partial charge in [0.1, 0.15) is 0 Å². The van der Waals surface area contributed by atoms with Gasteiger partial charge in [0.05, 0.1) is 6.61 Å². The van der Waals surface area contributed by atoms with Crippen molar-refractivity contribution in [2.24, 2.45) is 5.92 Å². The predicted molar refractivity (Wildman–Crippen MR) is 95.2 cm³/mol. The summed E-state index contributed by atoms with van der Waals surface area (Å²) in [4.78, 5) is 23.8. The molecule has 1 amide bonds. The average molecular weight is 325 g/mol. The molecule has 0 bridgehead atoms. The summed E-state index contributed by atoms with van der Waals surface area (Å²) in [6.45, 7) is 10.3. The second-order valence-electron chi connectivity index (χ2n) is 6.54. The predicted octanol–water partition coefficient (Wildman–Crippen LogP) is 4.39. The molecule has 0 fully saturated rings. The number of hydrogen-bond acceptors (Lipinski definition) is 3. The smallest absolute Gasteiger partial charge is 0.333 e. The summed E-state index contributed by atoms with van der Waals surface area (Å²) in [6, 6.07) is -0.109. The van der Waals surface area contributed by atoms with Gasteiger partial charge in [0, 0.05) is 18.0 Å². The highest BCUT2D eigenvalue weighted by Crippen LogP contribution is 2.11. The van der Waals surface area contributed by atoms with Crippen LogP contribution in [0.5, 0.6) is 0 Å². The van der Waals surface area contributed by atoms with Crippen LogP contribution in [0.1, 0.15) is 79.6 Å². The fourth-order valence-corrected chi connectivity index (χ4v) is 2.46. The molecule has 0 radical (unpaired) electrons. The standard InChI is InChI=1S/C19H35NO3/c1-6-8-9-10-11-12-18(21)20-17(13-15(3)4)14-16(5)19(22)23-7-2/h14-15,17H,6-13H2,1-5H3,(H,20,21)/b16-14+. The van der Waals surface area contributed by atoms with Crippen LogP contribution in [0.4, 0.5) is 0 Å². The van der Waals surface area contributed by atoms with Gasteiger partial charge in [-0.15, -0.1) is 0 Å². The Balaban J connectivity index is 4.46. The van der Waals surface area contributed by atoms with E-state index in [0.29, 0.717) is 24.5 Å². The quantitative estimate of drug-likeness (QED) is 0.329. The topological polar surface area (TPSA) is 55.4 Å². The van der Waals surface area contributed by atoms with Gasteiger partial charge in [-0.25, -0.2) is 4.79 Å². The Morgan fingerprint density at radius 3 is 2.30 bits per heavy atom. The highest BCUT2D eigenvalue weighted by molar-refractivity contribution is 5.88. The Hall–Kier alpha value is -1.32. The number of ether oxygens (including phenoxy) is 1. The van der Waals surface area contributed by atoms with E-state index in [1.165, 1.54) is 19.3 Å². The highest BCUT2D eigenvalue weighted by atomic mass is 16.5. The lowest BCUT2D eigenvalue weighted by Crippen LogP contribution is -2.34. The largest absolute Gasteiger partial charge is 0.463 e. The van der Waals surface area contributed by atoms with Crippen molar-refractivity contribution in [1.82, 2.24) is 5.32 Å². The van der Waals surface area contributed by atoms with Gasteiger partial charge >= 0.3 is 5.97 Å². The second kappa shape index (κ2) is 13.1. The molecule has 0 aliphatic carbocycles. The third-order valence-electron chi connectivity index (χ3n) is 3.63. The van der Waals surface area contributed by atoms with Crippen LogP contribution < -0.4 is 5.32 Å². The maximum atomic E-state index is 12.1. The molecule has 0 aromatic rings. The molecule has 0 aromatic carbocycles. The molecule has 0 spiro atoms. The van der Waals surface area contributed by atoms with Gasteiger partial charge in [0.15, 0.2) is 0 Å². The molecule has 23 heavy (non-hydrogen) atoms. The molecule has 0 rings (SSSR count). The van der Waals surface area contributed by atoms with Crippen molar-refractivity contribution in [1.29, 1.82) is 0 Å². The van der Waals surface area contributed by atoms with E-state index in [1.807, 2.05) is 6.08 Å². The van der Waals surface area contributed by atoms with Crippen molar-refractivity contribution in [2.45, 2.75) is 85.6 Å². The maximum Gasteiger partial charge on any atom is 0.333 e. The lowest BCUT2D eigenvalue weighted by molar-refractivity contribution is -0.138. The van der Waals surface area contributed by atoms with Gasteiger partial charge in [-0.3, -0.25) is 4.79 Å². The molecular formula is C19H35NO3. The maximum absolute atomic E-state index is 12.1. The molecule has 0 aliphatic heterocycles. The summed E-state index contributed by atoms with van der Waals surface area (Å²) in [5, 5.41) is 3.04. The second-order valence-corrected chi connectivity index (χ2v) is 6.54. The lowest BCUT2D eigenvalue weighted by atomic mass is 10.0. The van der Waals surface area contributed by atoms with Crippen LogP contribution in [0.3, 0.4) is 0 Å². The minimum atomic E-state index is -0.310. The number of carbonyl (C=O) groups is 2. The van der Waals surface area contributed by atoms with Gasteiger partial charge < -0.3 is 10.1 Å². The Kier molecular flexibility index (Phi) is 12.4. The number of amides is 1. The van der Waals surface area contributed by atoms with Gasteiger partial charge in [0.25, 0.3) is 0 Å². The van der Waals surface area contributed by atoms with E-state index in [9.17, 15) is 9.59 Å². The Morgan fingerprint density at radius 1 is 1.09 bits per heavy atom. The number of rotatable bonds is 12. The summed E-state index contributed by atoms with van der Waals surface area (Å²) < 4.78 is 5.00. The van der Waals surface area contributed by atoms with Crippen LogP contribution in [0.25, 0.3) is 0 Å². The molecule has 1 atom stereocenters. The van der Waals surface area contributed by atoms with Crippen LogP contribution in [-0.2, 0) is 14.3 Å². The first-order valence-corrected chi connectivity index (χ1v) is 9.05. The first kappa shape index (κ1) is 21.7. The van der Waals surface area contributed by atoms with Gasteiger partial charge in [-0.05, 0) is 32.6 Å². The Morgan fingerprint density at radius 2 is 1.74 bits per heavy atom. The van der Waals surface area contributed by atoms with E-state index in [-0.39, 0.29) is 17.9 Å². The molecular weight excluding hydrogens is 290 g/mol. The molecule has 0 heterocycles. The molecule has 0 aliphatic rings. The van der Waals surface area contributed by atoms with Gasteiger partial charge in [-0.1, -0.05) is 52.5 Å². The fraction of sp³-hybridized carbons (Fsp3) is 0.789. The van der Waals surface area contributed by atoms with Crippen molar-refractivity contribution < 1.29 is 14.3 Å². The van der Waals surface area contributed by atoms with Crippen LogP contribution in [-0.4, -0.2) is 24.5 Å². The zero-order chi connectivity index (χ0) is 17.7. The number of hydrogen-bond donors (Lipinski definition) is 1. The summed E-state index contributed by atoms with van der Waals surface area (Å²) in [5.41, 5.74) is 0.556. The first-order chi connectivity index (χ1) is 10.9. The molecule has 0 saturated carbocycles. The number of esters is 1. The van der Waals surface area contributed by atoms with E-state index in [4.69, 9.17) is 4.74 Å². The van der Waals surface area contributed by atoms with E-state index in [2.05, 4.69) is 26.1 Å². The monoisotopic (exact) mass is 325 g/mol. The fourth-order valence-electron chi connectivity index (χ4n) is 2.46. The van der Waals surface area contributed by atoms with Crippen LogP contribution in [0.15, 0.2) is 11.6 Å². The SMILES string of the molecule is CCCCCCCC(=O)NC(/C=C(\C)C(=O)OCC)CC(C)C. The molecule has 4 heteroatoms. The molecule has 1 N–H and O–H groups in total. The molecule has 134 valence electrons. The zero-order valence-corrected chi connectivity index (χ0v) is 15.6. The third-order valence-corrected chi connectivity index (χ3v) is 3.63. The summed E-state index contributed by atoms with van der Waals surface area (Å²) >= 11 is 0. The summed E-state index contributed by atoms with van der Waals surface area (Å²) in [7, 11) is 0. The third kappa shape index (κ3) is 11.8. The first-order valence-electron chi connectivity index (χ1n) is 9.05. The van der Waals surface area contributed by atoms with Crippen molar-refractivity contribution in [3.63, 3.8) is 0 Å². The zero-order valence-electron chi connectivity index (χ0n) is 15.6. The van der Waals surface area contributed by atoms with Crippen LogP contribution in [0, 0.1) is 5.92 Å². The summed E-state index contributed by atoms with van der Waals surface area (Å²) in [5.74, 6) is 0.200. The molecule has 4 nitrogen and oxygen atoms in total. The Bertz CT molecular complexity index is 375. The van der Waals surface area contributed by atoms with Crippen molar-refractivity contribution >= 4 is 11.9 Å². The van der Waals surface area contributed by atoms with Crippen molar-refractivity contribution in [2.75, 3.05) is 6.61 Å². The average Bonchev–Trinajstić information content (AvgIpc) is 2.46.